The molecule has 2 aliphatic rings. The molecule has 0 radical (unpaired) electrons. The molecule has 1 aromatic rings. The second-order valence-corrected chi connectivity index (χ2v) is 6.13. The minimum atomic E-state index is 0.349. The van der Waals surface area contributed by atoms with Crippen molar-refractivity contribution in [2.75, 3.05) is 6.79 Å². The van der Waals surface area contributed by atoms with Crippen molar-refractivity contribution in [3.05, 3.63) is 23.8 Å². The lowest BCUT2D eigenvalue weighted by molar-refractivity contribution is 0.174. The van der Waals surface area contributed by atoms with E-state index in [9.17, 15) is 0 Å². The van der Waals surface area contributed by atoms with Gasteiger partial charge in [-0.05, 0) is 56.2 Å². The highest BCUT2D eigenvalue weighted by atomic mass is 16.7. The predicted octanol–water partition coefficient (Wildman–Crippen LogP) is 4.03. The monoisotopic (exact) mass is 275 g/mol. The molecule has 1 unspecified atom stereocenters. The van der Waals surface area contributed by atoms with E-state index < -0.39 is 0 Å². The molecule has 20 heavy (non-hydrogen) atoms. The first-order chi connectivity index (χ1) is 9.76. The number of rotatable bonds is 4. The number of hydrogen-bond donors (Lipinski definition) is 1. The van der Waals surface area contributed by atoms with E-state index in [1.165, 1.54) is 37.7 Å². The molecule has 0 aromatic heterocycles. The number of ether oxygens (including phenoxy) is 2. The zero-order valence-corrected chi connectivity index (χ0v) is 12.5. The fourth-order valence-corrected chi connectivity index (χ4v) is 3.37. The number of hydrogen-bond acceptors (Lipinski definition) is 3. The molecule has 0 amide bonds. The Bertz CT molecular complexity index is 452. The van der Waals surface area contributed by atoms with E-state index in [-0.39, 0.29) is 0 Å². The first-order valence-corrected chi connectivity index (χ1v) is 7.92. The van der Waals surface area contributed by atoms with Crippen LogP contribution in [-0.4, -0.2) is 12.8 Å². The van der Waals surface area contributed by atoms with Crippen molar-refractivity contribution in [1.82, 2.24) is 5.32 Å². The third-order valence-corrected chi connectivity index (χ3v) is 4.81. The quantitative estimate of drug-likeness (QED) is 0.899. The normalized spacial score (nSPS) is 26.5. The molecular weight excluding hydrogens is 250 g/mol. The van der Waals surface area contributed by atoms with Gasteiger partial charge in [0.25, 0.3) is 0 Å². The molecule has 1 aliphatic heterocycles. The lowest BCUT2D eigenvalue weighted by atomic mass is 9.84. The van der Waals surface area contributed by atoms with Crippen molar-refractivity contribution in [2.24, 2.45) is 5.92 Å². The van der Waals surface area contributed by atoms with Crippen LogP contribution in [0.2, 0.25) is 0 Å². The van der Waals surface area contributed by atoms with Crippen LogP contribution in [0.5, 0.6) is 11.5 Å². The molecule has 1 N–H and O–H groups in total. The van der Waals surface area contributed by atoms with Crippen LogP contribution >= 0.6 is 0 Å². The molecule has 1 atom stereocenters. The van der Waals surface area contributed by atoms with Crippen LogP contribution in [0, 0.1) is 5.92 Å². The standard InChI is InChI=1S/C17H25NO2/c1-3-13-4-7-15(8-5-13)18-12(2)14-6-9-16-17(10-14)20-11-19-16/h6,9-10,12-13,15,18H,3-5,7-8,11H2,1-2H3. The minimum absolute atomic E-state index is 0.349. The molecule has 3 nitrogen and oxygen atoms in total. The summed E-state index contributed by atoms with van der Waals surface area (Å²) in [5, 5.41) is 3.77. The topological polar surface area (TPSA) is 30.5 Å². The molecule has 110 valence electrons. The van der Waals surface area contributed by atoms with Crippen molar-refractivity contribution < 1.29 is 9.47 Å². The summed E-state index contributed by atoms with van der Waals surface area (Å²) in [7, 11) is 0. The Labute approximate surface area is 121 Å². The van der Waals surface area contributed by atoms with E-state index >= 15 is 0 Å². The van der Waals surface area contributed by atoms with Gasteiger partial charge >= 0.3 is 0 Å². The molecule has 3 heteroatoms. The third-order valence-electron chi connectivity index (χ3n) is 4.81. The van der Waals surface area contributed by atoms with Gasteiger partial charge in [-0.3, -0.25) is 0 Å². The van der Waals surface area contributed by atoms with Crippen LogP contribution < -0.4 is 14.8 Å². The molecule has 0 saturated heterocycles. The lowest BCUT2D eigenvalue weighted by Crippen LogP contribution is -2.34. The molecule has 1 saturated carbocycles. The second-order valence-electron chi connectivity index (χ2n) is 6.13. The smallest absolute Gasteiger partial charge is 0.231 e. The van der Waals surface area contributed by atoms with Crippen molar-refractivity contribution in [1.29, 1.82) is 0 Å². The van der Waals surface area contributed by atoms with Crippen molar-refractivity contribution in [3.8, 4) is 11.5 Å². The van der Waals surface area contributed by atoms with Crippen LogP contribution in [0.4, 0.5) is 0 Å². The van der Waals surface area contributed by atoms with Gasteiger partial charge in [-0.1, -0.05) is 19.4 Å². The average molecular weight is 275 g/mol. The van der Waals surface area contributed by atoms with Gasteiger partial charge in [0, 0.05) is 12.1 Å². The number of fused-ring (bicyclic) bond motifs is 1. The van der Waals surface area contributed by atoms with E-state index in [0.717, 1.165) is 17.4 Å². The van der Waals surface area contributed by atoms with E-state index in [1.807, 2.05) is 6.07 Å². The van der Waals surface area contributed by atoms with E-state index in [0.29, 0.717) is 18.9 Å². The maximum atomic E-state index is 5.46. The summed E-state index contributed by atoms with van der Waals surface area (Å²) in [6.07, 6.45) is 6.72. The first-order valence-electron chi connectivity index (χ1n) is 7.92. The summed E-state index contributed by atoms with van der Waals surface area (Å²) >= 11 is 0. The van der Waals surface area contributed by atoms with E-state index in [2.05, 4.69) is 31.3 Å². The maximum absolute atomic E-state index is 5.46. The van der Waals surface area contributed by atoms with Gasteiger partial charge in [0.1, 0.15) is 0 Å². The van der Waals surface area contributed by atoms with Gasteiger partial charge in [-0.25, -0.2) is 0 Å². The second kappa shape index (κ2) is 6.04. The minimum Gasteiger partial charge on any atom is -0.454 e. The molecule has 0 bridgehead atoms. The summed E-state index contributed by atoms with van der Waals surface area (Å²) in [6, 6.07) is 7.30. The lowest BCUT2D eigenvalue weighted by Gasteiger charge is -2.31. The van der Waals surface area contributed by atoms with Crippen LogP contribution in [-0.2, 0) is 0 Å². The highest BCUT2D eigenvalue weighted by Gasteiger charge is 2.22. The molecule has 1 fully saturated rings. The summed E-state index contributed by atoms with van der Waals surface area (Å²) in [5.74, 6) is 2.70. The van der Waals surface area contributed by atoms with Gasteiger partial charge in [0.05, 0.1) is 0 Å². The summed E-state index contributed by atoms with van der Waals surface area (Å²) in [4.78, 5) is 0. The highest BCUT2D eigenvalue weighted by molar-refractivity contribution is 5.45. The molecular formula is C17H25NO2. The fraction of sp³-hybridized carbons (Fsp3) is 0.647. The van der Waals surface area contributed by atoms with Gasteiger partial charge in [0.2, 0.25) is 6.79 Å². The zero-order chi connectivity index (χ0) is 13.9. The van der Waals surface area contributed by atoms with Crippen molar-refractivity contribution in [2.45, 2.75) is 58.0 Å². The number of nitrogens with one attached hydrogen (secondary N) is 1. The Kier molecular flexibility index (Phi) is 4.16. The summed E-state index contributed by atoms with van der Waals surface area (Å²) in [5.41, 5.74) is 1.28. The Morgan fingerprint density at radius 1 is 1.15 bits per heavy atom. The first kappa shape index (κ1) is 13.7. The van der Waals surface area contributed by atoms with Crippen LogP contribution in [0.25, 0.3) is 0 Å². The molecule has 3 rings (SSSR count). The Morgan fingerprint density at radius 3 is 2.65 bits per heavy atom. The number of benzene rings is 1. The third kappa shape index (κ3) is 2.93. The summed E-state index contributed by atoms with van der Waals surface area (Å²) in [6.45, 7) is 4.90. The zero-order valence-electron chi connectivity index (χ0n) is 12.5. The van der Waals surface area contributed by atoms with Crippen LogP contribution in [0.15, 0.2) is 18.2 Å². The fourth-order valence-electron chi connectivity index (χ4n) is 3.37. The van der Waals surface area contributed by atoms with Gasteiger partial charge in [-0.15, -0.1) is 0 Å². The maximum Gasteiger partial charge on any atom is 0.231 e. The Balaban J connectivity index is 1.58. The van der Waals surface area contributed by atoms with Crippen LogP contribution in [0.3, 0.4) is 0 Å². The van der Waals surface area contributed by atoms with E-state index in [1.54, 1.807) is 0 Å². The van der Waals surface area contributed by atoms with Crippen LogP contribution in [0.1, 0.15) is 57.6 Å². The molecule has 1 aromatic carbocycles. The van der Waals surface area contributed by atoms with Crippen molar-refractivity contribution in [3.63, 3.8) is 0 Å². The van der Waals surface area contributed by atoms with Gasteiger partial charge < -0.3 is 14.8 Å². The van der Waals surface area contributed by atoms with Gasteiger partial charge in [-0.2, -0.15) is 0 Å². The molecule has 1 aliphatic carbocycles. The molecule has 1 heterocycles. The highest BCUT2D eigenvalue weighted by Crippen LogP contribution is 2.35. The largest absolute Gasteiger partial charge is 0.454 e. The van der Waals surface area contributed by atoms with Gasteiger partial charge in [0.15, 0.2) is 11.5 Å². The van der Waals surface area contributed by atoms with Crippen molar-refractivity contribution >= 4 is 0 Å². The Hall–Kier alpha value is -1.22. The van der Waals surface area contributed by atoms with E-state index in [4.69, 9.17) is 9.47 Å². The SMILES string of the molecule is CCC1CCC(NC(C)c2ccc3c(c2)OCO3)CC1. The predicted molar refractivity (Wildman–Crippen MR) is 80.2 cm³/mol. The molecule has 0 spiro atoms. The Morgan fingerprint density at radius 2 is 1.90 bits per heavy atom. The average Bonchev–Trinajstić information content (AvgIpc) is 2.95. The summed E-state index contributed by atoms with van der Waals surface area (Å²) < 4.78 is 10.8.